The summed E-state index contributed by atoms with van der Waals surface area (Å²) < 4.78 is 0. The number of nitrogens with two attached hydrogens (primary N) is 1. The molecular formula is C27H43N5O2. The van der Waals surface area contributed by atoms with E-state index in [0.717, 1.165) is 37.9 Å². The van der Waals surface area contributed by atoms with E-state index in [1.54, 1.807) is 0 Å². The Balaban J connectivity index is 1.23. The fourth-order valence-electron chi connectivity index (χ4n) is 5.80. The Bertz CT molecular complexity index is 781. The van der Waals surface area contributed by atoms with E-state index in [0.29, 0.717) is 37.8 Å². The summed E-state index contributed by atoms with van der Waals surface area (Å²) in [5.41, 5.74) is 6.55. The zero-order valence-electron chi connectivity index (χ0n) is 20.6. The summed E-state index contributed by atoms with van der Waals surface area (Å²) in [5, 5.41) is 9.69. The molecule has 1 aromatic carbocycles. The van der Waals surface area contributed by atoms with Crippen molar-refractivity contribution in [2.45, 2.75) is 81.8 Å². The number of amides is 2. The van der Waals surface area contributed by atoms with Crippen LogP contribution in [0, 0.1) is 5.92 Å². The molecule has 5 N–H and O–H groups in total. The first kappa shape index (κ1) is 25.1. The van der Waals surface area contributed by atoms with Gasteiger partial charge in [0.05, 0.1) is 5.54 Å². The Labute approximate surface area is 204 Å². The van der Waals surface area contributed by atoms with Crippen LogP contribution in [0.5, 0.6) is 0 Å². The molecule has 0 aromatic heterocycles. The Kier molecular flexibility index (Phi) is 8.98. The normalized spacial score (nSPS) is 24.1. The molecule has 2 amide bonds. The van der Waals surface area contributed by atoms with Crippen molar-refractivity contribution in [2.75, 3.05) is 32.7 Å². The summed E-state index contributed by atoms with van der Waals surface area (Å²) in [6.45, 7) is 5.30. The molecule has 1 aliphatic carbocycles. The van der Waals surface area contributed by atoms with Gasteiger partial charge in [-0.1, -0.05) is 43.2 Å². The second-order valence-electron chi connectivity index (χ2n) is 10.7. The molecule has 1 aromatic rings. The largest absolute Gasteiger partial charge is 0.354 e. The predicted molar refractivity (Wildman–Crippen MR) is 135 cm³/mol. The molecule has 34 heavy (non-hydrogen) atoms. The van der Waals surface area contributed by atoms with Crippen molar-refractivity contribution in [3.63, 3.8) is 0 Å². The first-order valence-corrected chi connectivity index (χ1v) is 13.4. The first-order chi connectivity index (χ1) is 16.5. The topological polar surface area (TPSA) is 99.5 Å². The summed E-state index contributed by atoms with van der Waals surface area (Å²) in [6, 6.07) is 9.94. The Hall–Kier alpha value is -1.96. The van der Waals surface area contributed by atoms with Crippen LogP contribution in [0.15, 0.2) is 30.3 Å². The molecule has 0 bridgehead atoms. The van der Waals surface area contributed by atoms with E-state index >= 15 is 0 Å². The molecule has 4 rings (SSSR count). The zero-order valence-corrected chi connectivity index (χ0v) is 20.6. The summed E-state index contributed by atoms with van der Waals surface area (Å²) in [7, 11) is 0. The van der Waals surface area contributed by atoms with Gasteiger partial charge in [0, 0.05) is 25.6 Å². The van der Waals surface area contributed by atoms with Crippen LogP contribution >= 0.6 is 0 Å². The summed E-state index contributed by atoms with van der Waals surface area (Å²) in [6.07, 6.45) is 9.78. The van der Waals surface area contributed by atoms with E-state index in [-0.39, 0.29) is 11.8 Å². The molecule has 0 unspecified atom stereocenters. The van der Waals surface area contributed by atoms with Gasteiger partial charge in [0.25, 0.3) is 0 Å². The van der Waals surface area contributed by atoms with Crippen LogP contribution in [0.3, 0.4) is 0 Å². The molecule has 0 spiro atoms. The molecule has 2 saturated heterocycles. The van der Waals surface area contributed by atoms with E-state index in [2.05, 4.69) is 20.9 Å². The van der Waals surface area contributed by atoms with Gasteiger partial charge in [0.15, 0.2) is 0 Å². The molecule has 1 saturated carbocycles. The van der Waals surface area contributed by atoms with Gasteiger partial charge >= 0.3 is 0 Å². The highest BCUT2D eigenvalue weighted by Gasteiger charge is 2.38. The van der Waals surface area contributed by atoms with Crippen LogP contribution in [-0.2, 0) is 16.0 Å². The minimum absolute atomic E-state index is 0.108. The summed E-state index contributed by atoms with van der Waals surface area (Å²) >= 11 is 0. The van der Waals surface area contributed by atoms with Gasteiger partial charge in [0.1, 0.15) is 6.04 Å². The van der Waals surface area contributed by atoms with Crippen molar-refractivity contribution in [3.8, 4) is 0 Å². The SMILES string of the molecule is NC1(C(=O)N[C@H](Cc2ccccc2)C(=O)NCCC2CCN(C[C@@H]3CCCN3)CC2)CCCC1. The average molecular weight is 470 g/mol. The van der Waals surface area contributed by atoms with Gasteiger partial charge in [-0.05, 0) is 76.1 Å². The van der Waals surface area contributed by atoms with Gasteiger partial charge in [0.2, 0.25) is 11.8 Å². The van der Waals surface area contributed by atoms with Crippen LogP contribution < -0.4 is 21.7 Å². The number of carbonyl (C=O) groups is 2. The van der Waals surface area contributed by atoms with E-state index in [4.69, 9.17) is 5.73 Å². The maximum absolute atomic E-state index is 13.1. The van der Waals surface area contributed by atoms with Crippen molar-refractivity contribution >= 4 is 11.8 Å². The number of piperidine rings is 1. The van der Waals surface area contributed by atoms with Crippen molar-refractivity contribution < 1.29 is 9.59 Å². The zero-order chi connectivity index (χ0) is 23.8. The number of rotatable bonds is 10. The molecule has 3 fully saturated rings. The number of hydrogen-bond acceptors (Lipinski definition) is 5. The van der Waals surface area contributed by atoms with Crippen molar-refractivity contribution in [3.05, 3.63) is 35.9 Å². The van der Waals surface area contributed by atoms with E-state index < -0.39 is 11.6 Å². The van der Waals surface area contributed by atoms with Crippen LogP contribution in [0.2, 0.25) is 0 Å². The predicted octanol–water partition coefficient (Wildman–Crippen LogP) is 1.96. The molecule has 3 aliphatic rings. The number of nitrogens with zero attached hydrogens (tertiary/aromatic N) is 1. The smallest absolute Gasteiger partial charge is 0.242 e. The molecular weight excluding hydrogens is 426 g/mol. The summed E-state index contributed by atoms with van der Waals surface area (Å²) in [4.78, 5) is 28.6. The lowest BCUT2D eigenvalue weighted by Gasteiger charge is -2.33. The Morgan fingerprint density at radius 2 is 1.82 bits per heavy atom. The highest BCUT2D eigenvalue weighted by molar-refractivity contribution is 5.92. The maximum atomic E-state index is 13.1. The fourth-order valence-corrected chi connectivity index (χ4v) is 5.80. The minimum atomic E-state index is -0.836. The Morgan fingerprint density at radius 3 is 2.50 bits per heavy atom. The highest BCUT2D eigenvalue weighted by Crippen LogP contribution is 2.27. The Morgan fingerprint density at radius 1 is 1.09 bits per heavy atom. The first-order valence-electron chi connectivity index (χ1n) is 13.4. The number of carbonyl (C=O) groups excluding carboxylic acids is 2. The second-order valence-corrected chi connectivity index (χ2v) is 10.7. The van der Waals surface area contributed by atoms with Gasteiger partial charge < -0.3 is 26.6 Å². The van der Waals surface area contributed by atoms with Crippen molar-refractivity contribution in [2.24, 2.45) is 11.7 Å². The highest BCUT2D eigenvalue weighted by atomic mass is 16.2. The molecule has 0 radical (unpaired) electrons. The third kappa shape index (κ3) is 7.03. The average Bonchev–Trinajstić information content (AvgIpc) is 3.53. The standard InChI is InChI=1S/C27H43N5O2/c28-27(13-4-5-14-27)26(34)31-24(19-22-7-2-1-3-8-22)25(33)30-16-10-21-11-17-32(18-12-21)20-23-9-6-15-29-23/h1-3,7-8,21,23-24,29H,4-6,9-20,28H2,(H,30,33)(H,31,34)/t23-,24+/m0/s1. The fraction of sp³-hybridized carbons (Fsp3) is 0.704. The quantitative estimate of drug-likeness (QED) is 0.420. The number of nitrogens with one attached hydrogen (secondary N) is 3. The maximum Gasteiger partial charge on any atom is 0.242 e. The molecule has 2 heterocycles. The van der Waals surface area contributed by atoms with Crippen LogP contribution in [0.25, 0.3) is 0 Å². The monoisotopic (exact) mass is 469 g/mol. The van der Waals surface area contributed by atoms with E-state index in [1.165, 1.54) is 38.8 Å². The lowest BCUT2D eigenvalue weighted by atomic mass is 9.93. The number of likely N-dealkylation sites (tertiary alicyclic amines) is 1. The third-order valence-electron chi connectivity index (χ3n) is 8.05. The third-order valence-corrected chi connectivity index (χ3v) is 8.05. The van der Waals surface area contributed by atoms with Crippen molar-refractivity contribution in [1.82, 2.24) is 20.9 Å². The van der Waals surface area contributed by atoms with Gasteiger partial charge in [-0.3, -0.25) is 9.59 Å². The van der Waals surface area contributed by atoms with Crippen LogP contribution in [0.4, 0.5) is 0 Å². The molecule has 2 atom stereocenters. The molecule has 7 heteroatoms. The van der Waals surface area contributed by atoms with Crippen molar-refractivity contribution in [1.29, 1.82) is 0 Å². The van der Waals surface area contributed by atoms with Crippen LogP contribution in [-0.4, -0.2) is 67.1 Å². The molecule has 188 valence electrons. The lowest BCUT2D eigenvalue weighted by Crippen LogP contribution is -2.58. The summed E-state index contributed by atoms with van der Waals surface area (Å²) in [5.74, 6) is 0.356. The van der Waals surface area contributed by atoms with E-state index in [9.17, 15) is 9.59 Å². The van der Waals surface area contributed by atoms with Gasteiger partial charge in [-0.15, -0.1) is 0 Å². The minimum Gasteiger partial charge on any atom is -0.354 e. The second kappa shape index (κ2) is 12.1. The van der Waals surface area contributed by atoms with Gasteiger partial charge in [-0.25, -0.2) is 0 Å². The van der Waals surface area contributed by atoms with E-state index in [1.807, 2.05) is 30.3 Å². The molecule has 2 aliphatic heterocycles. The lowest BCUT2D eigenvalue weighted by molar-refractivity contribution is -0.131. The molecule has 7 nitrogen and oxygen atoms in total. The number of benzene rings is 1. The number of hydrogen-bond donors (Lipinski definition) is 4. The van der Waals surface area contributed by atoms with Crippen LogP contribution in [0.1, 0.15) is 63.4 Å². The van der Waals surface area contributed by atoms with Gasteiger partial charge in [-0.2, -0.15) is 0 Å².